The van der Waals surface area contributed by atoms with E-state index in [0.717, 1.165) is 0 Å². The molecular formula is C18H22N4O4. The van der Waals surface area contributed by atoms with E-state index in [1.807, 2.05) is 6.07 Å². The number of benzene rings is 1. The molecule has 1 aliphatic rings. The lowest BCUT2D eigenvalue weighted by molar-refractivity contribution is -0.141. The lowest BCUT2D eigenvalue weighted by atomic mass is 10.1. The number of likely N-dealkylation sites (N-methyl/N-ethyl adjacent to an activating group) is 1. The van der Waals surface area contributed by atoms with Gasteiger partial charge in [0, 0.05) is 26.2 Å². The Bertz CT molecular complexity index is 702. The predicted octanol–water partition coefficient (Wildman–Crippen LogP) is 0.0401. The maximum absolute atomic E-state index is 12.5. The number of nitrogens with one attached hydrogen (secondary N) is 2. The molecule has 1 aromatic rings. The Balaban J connectivity index is 2.13. The summed E-state index contributed by atoms with van der Waals surface area (Å²) >= 11 is 0. The predicted molar refractivity (Wildman–Crippen MR) is 93.1 cm³/mol. The standard InChI is InChI=1S/C18H22N4O4/c1-3-20-18(25)15-8-13(10-22(15)16(23)11-26-2)21-17(24)14-7-5-4-6-12(14)9-19/h4-7,13,15H,3,8,10-11H2,1-2H3,(H,20,25)(H,21,24)/t13-,15+/m1/s1. The molecule has 0 saturated carbocycles. The quantitative estimate of drug-likeness (QED) is 0.746. The summed E-state index contributed by atoms with van der Waals surface area (Å²) < 4.78 is 4.87. The molecule has 2 rings (SSSR count). The van der Waals surface area contributed by atoms with Crippen LogP contribution in [0.25, 0.3) is 0 Å². The summed E-state index contributed by atoms with van der Waals surface area (Å²) in [6.07, 6.45) is 0.307. The second-order valence-corrected chi connectivity index (χ2v) is 5.95. The summed E-state index contributed by atoms with van der Waals surface area (Å²) in [5.74, 6) is -0.966. The first-order chi connectivity index (χ1) is 12.5. The number of amides is 3. The number of nitriles is 1. The van der Waals surface area contributed by atoms with Crippen molar-refractivity contribution in [2.45, 2.75) is 25.4 Å². The Hall–Kier alpha value is -2.92. The van der Waals surface area contributed by atoms with Crippen LogP contribution in [0.2, 0.25) is 0 Å². The fraction of sp³-hybridized carbons (Fsp3) is 0.444. The van der Waals surface area contributed by atoms with Crippen LogP contribution in [0.5, 0.6) is 0 Å². The maximum atomic E-state index is 12.5. The molecule has 0 aliphatic carbocycles. The summed E-state index contributed by atoms with van der Waals surface area (Å²) in [7, 11) is 1.41. The molecule has 1 aromatic carbocycles. The topological polar surface area (TPSA) is 112 Å². The van der Waals surface area contributed by atoms with Crippen LogP contribution in [-0.4, -0.2) is 61.5 Å². The zero-order valence-corrected chi connectivity index (χ0v) is 14.8. The highest BCUT2D eigenvalue weighted by Crippen LogP contribution is 2.19. The Morgan fingerprint density at radius 1 is 1.35 bits per heavy atom. The van der Waals surface area contributed by atoms with Crippen molar-refractivity contribution in [3.05, 3.63) is 35.4 Å². The molecule has 8 heteroatoms. The molecule has 0 unspecified atom stereocenters. The lowest BCUT2D eigenvalue weighted by Gasteiger charge is -2.23. The van der Waals surface area contributed by atoms with Crippen LogP contribution in [0.15, 0.2) is 24.3 Å². The smallest absolute Gasteiger partial charge is 0.252 e. The van der Waals surface area contributed by atoms with Crippen LogP contribution in [0, 0.1) is 11.3 Å². The zero-order valence-electron chi connectivity index (χ0n) is 14.8. The average molecular weight is 358 g/mol. The molecule has 3 amide bonds. The van der Waals surface area contributed by atoms with E-state index < -0.39 is 11.9 Å². The lowest BCUT2D eigenvalue weighted by Crippen LogP contribution is -2.47. The van der Waals surface area contributed by atoms with E-state index in [1.165, 1.54) is 12.0 Å². The van der Waals surface area contributed by atoms with Gasteiger partial charge in [0.05, 0.1) is 17.2 Å². The first-order valence-corrected chi connectivity index (χ1v) is 8.37. The van der Waals surface area contributed by atoms with Crippen molar-refractivity contribution in [3.63, 3.8) is 0 Å². The molecule has 0 aromatic heterocycles. The van der Waals surface area contributed by atoms with Gasteiger partial charge in [-0.15, -0.1) is 0 Å². The van der Waals surface area contributed by atoms with Crippen LogP contribution in [0.3, 0.4) is 0 Å². The van der Waals surface area contributed by atoms with Crippen LogP contribution in [0.4, 0.5) is 0 Å². The molecule has 1 heterocycles. The summed E-state index contributed by atoms with van der Waals surface area (Å²) in [6.45, 7) is 2.33. The number of ether oxygens (including phenoxy) is 1. The van der Waals surface area contributed by atoms with Crippen molar-refractivity contribution in [2.24, 2.45) is 0 Å². The van der Waals surface area contributed by atoms with E-state index in [4.69, 9.17) is 10.00 Å². The van der Waals surface area contributed by atoms with E-state index in [1.54, 1.807) is 31.2 Å². The molecule has 2 N–H and O–H groups in total. The SMILES string of the molecule is CCNC(=O)[C@@H]1C[C@@H](NC(=O)c2ccccc2C#N)CN1C(=O)COC. The van der Waals surface area contributed by atoms with Crippen LogP contribution in [-0.2, 0) is 14.3 Å². The highest BCUT2D eigenvalue weighted by atomic mass is 16.5. The molecule has 138 valence electrons. The molecule has 0 spiro atoms. The Morgan fingerprint density at radius 2 is 2.08 bits per heavy atom. The van der Waals surface area contributed by atoms with Gasteiger partial charge in [-0.25, -0.2) is 0 Å². The Morgan fingerprint density at radius 3 is 2.73 bits per heavy atom. The fourth-order valence-corrected chi connectivity index (χ4v) is 3.00. The van der Waals surface area contributed by atoms with E-state index in [-0.39, 0.29) is 42.1 Å². The number of carbonyl (C=O) groups is 3. The van der Waals surface area contributed by atoms with Gasteiger partial charge in [0.15, 0.2) is 0 Å². The van der Waals surface area contributed by atoms with E-state index in [9.17, 15) is 14.4 Å². The number of hydrogen-bond donors (Lipinski definition) is 2. The van der Waals surface area contributed by atoms with Gasteiger partial charge in [-0.2, -0.15) is 5.26 Å². The van der Waals surface area contributed by atoms with Gasteiger partial charge in [0.1, 0.15) is 12.6 Å². The molecule has 8 nitrogen and oxygen atoms in total. The van der Waals surface area contributed by atoms with Crippen molar-refractivity contribution in [3.8, 4) is 6.07 Å². The number of likely N-dealkylation sites (tertiary alicyclic amines) is 1. The Kier molecular flexibility index (Phi) is 6.69. The monoisotopic (exact) mass is 358 g/mol. The summed E-state index contributed by atoms with van der Waals surface area (Å²) in [5.41, 5.74) is 0.543. The first kappa shape index (κ1) is 19.4. The first-order valence-electron chi connectivity index (χ1n) is 8.37. The summed E-state index contributed by atoms with van der Waals surface area (Å²) in [6, 6.07) is 7.43. The third-order valence-corrected chi connectivity index (χ3v) is 4.17. The number of nitrogens with zero attached hydrogens (tertiary/aromatic N) is 2. The minimum absolute atomic E-state index is 0.131. The van der Waals surface area contributed by atoms with Gasteiger partial charge in [0.2, 0.25) is 11.8 Å². The minimum atomic E-state index is -0.658. The van der Waals surface area contributed by atoms with Crippen molar-refractivity contribution in [1.29, 1.82) is 5.26 Å². The van der Waals surface area contributed by atoms with E-state index >= 15 is 0 Å². The van der Waals surface area contributed by atoms with Gasteiger partial charge in [-0.3, -0.25) is 14.4 Å². The molecule has 2 atom stereocenters. The van der Waals surface area contributed by atoms with Gasteiger partial charge in [-0.1, -0.05) is 12.1 Å². The van der Waals surface area contributed by atoms with Crippen LogP contribution < -0.4 is 10.6 Å². The Labute approximate surface area is 152 Å². The van der Waals surface area contributed by atoms with Crippen LogP contribution in [0.1, 0.15) is 29.3 Å². The number of carbonyl (C=O) groups excluding carboxylic acids is 3. The minimum Gasteiger partial charge on any atom is -0.375 e. The average Bonchev–Trinajstić information content (AvgIpc) is 3.06. The number of methoxy groups -OCH3 is 1. The molecule has 1 saturated heterocycles. The van der Waals surface area contributed by atoms with Gasteiger partial charge < -0.3 is 20.3 Å². The zero-order chi connectivity index (χ0) is 19.1. The molecule has 1 aliphatic heterocycles. The summed E-state index contributed by atoms with van der Waals surface area (Å²) in [4.78, 5) is 38.4. The highest BCUT2D eigenvalue weighted by molar-refractivity contribution is 5.97. The maximum Gasteiger partial charge on any atom is 0.252 e. The van der Waals surface area contributed by atoms with Crippen LogP contribution >= 0.6 is 0 Å². The third kappa shape index (κ3) is 4.37. The third-order valence-electron chi connectivity index (χ3n) is 4.17. The van der Waals surface area contributed by atoms with Crippen molar-refractivity contribution < 1.29 is 19.1 Å². The molecular weight excluding hydrogens is 336 g/mol. The normalized spacial score (nSPS) is 18.9. The highest BCUT2D eigenvalue weighted by Gasteiger charge is 2.40. The van der Waals surface area contributed by atoms with Gasteiger partial charge >= 0.3 is 0 Å². The molecule has 0 radical (unpaired) electrons. The van der Waals surface area contributed by atoms with Gasteiger partial charge in [-0.05, 0) is 25.5 Å². The second-order valence-electron chi connectivity index (χ2n) is 5.95. The van der Waals surface area contributed by atoms with Crippen molar-refractivity contribution in [1.82, 2.24) is 15.5 Å². The fourth-order valence-electron chi connectivity index (χ4n) is 3.00. The second kappa shape index (κ2) is 8.97. The molecule has 26 heavy (non-hydrogen) atoms. The van der Waals surface area contributed by atoms with Crippen molar-refractivity contribution >= 4 is 17.7 Å². The van der Waals surface area contributed by atoms with Gasteiger partial charge in [0.25, 0.3) is 5.91 Å². The molecule has 1 fully saturated rings. The van der Waals surface area contributed by atoms with E-state index in [0.29, 0.717) is 13.0 Å². The molecule has 0 bridgehead atoms. The number of hydrogen-bond acceptors (Lipinski definition) is 5. The summed E-state index contributed by atoms with van der Waals surface area (Å²) in [5, 5.41) is 14.7. The van der Waals surface area contributed by atoms with Crippen molar-refractivity contribution in [2.75, 3.05) is 26.8 Å². The largest absolute Gasteiger partial charge is 0.375 e. The van der Waals surface area contributed by atoms with E-state index in [2.05, 4.69) is 10.6 Å². The number of rotatable bonds is 6.